The van der Waals surface area contributed by atoms with Crippen LogP contribution in [0.1, 0.15) is 77.2 Å². The average Bonchev–Trinajstić information content (AvgIpc) is 2.53. The predicted octanol–water partition coefficient (Wildman–Crippen LogP) is 5.26. The smallest absolute Gasteiger partial charge is 0.220 e. The van der Waals surface area contributed by atoms with Crippen molar-refractivity contribution in [2.24, 2.45) is 0 Å². The zero-order chi connectivity index (χ0) is 16.0. The molecular weight excluding hydrogens is 270 g/mol. The molecule has 1 N–H and O–H groups in total. The molecule has 2 heteroatoms. The topological polar surface area (TPSA) is 29.1 Å². The molecule has 0 aliphatic heterocycles. The van der Waals surface area contributed by atoms with Crippen LogP contribution in [-0.2, 0) is 11.2 Å². The van der Waals surface area contributed by atoms with Crippen molar-refractivity contribution in [3.8, 4) is 0 Å². The SMILES string of the molecule is CCCCCCCCCC(=O)N[C@H](C)CCc1ccccc1. The lowest BCUT2D eigenvalue weighted by Crippen LogP contribution is -2.32. The van der Waals surface area contributed by atoms with E-state index >= 15 is 0 Å². The first-order valence-electron chi connectivity index (χ1n) is 9.05. The zero-order valence-electron chi connectivity index (χ0n) is 14.4. The number of hydrogen-bond donors (Lipinski definition) is 1. The Balaban J connectivity index is 2.01. The van der Waals surface area contributed by atoms with Crippen LogP contribution in [-0.4, -0.2) is 11.9 Å². The van der Waals surface area contributed by atoms with Crippen molar-refractivity contribution in [3.63, 3.8) is 0 Å². The number of amides is 1. The Morgan fingerprint density at radius 3 is 2.32 bits per heavy atom. The van der Waals surface area contributed by atoms with Crippen LogP contribution in [0.2, 0.25) is 0 Å². The molecule has 2 nitrogen and oxygen atoms in total. The number of carbonyl (C=O) groups excluding carboxylic acids is 1. The van der Waals surface area contributed by atoms with E-state index in [-0.39, 0.29) is 11.9 Å². The second kappa shape index (κ2) is 12.3. The summed E-state index contributed by atoms with van der Waals surface area (Å²) < 4.78 is 0. The van der Waals surface area contributed by atoms with Crippen molar-refractivity contribution in [2.45, 2.75) is 84.1 Å². The monoisotopic (exact) mass is 303 g/mol. The first kappa shape index (κ1) is 18.7. The van der Waals surface area contributed by atoms with Crippen molar-refractivity contribution in [3.05, 3.63) is 35.9 Å². The number of nitrogens with one attached hydrogen (secondary N) is 1. The van der Waals surface area contributed by atoms with Gasteiger partial charge in [0, 0.05) is 12.5 Å². The molecule has 1 amide bonds. The number of rotatable bonds is 12. The molecule has 0 unspecified atom stereocenters. The fourth-order valence-corrected chi connectivity index (χ4v) is 2.69. The largest absolute Gasteiger partial charge is 0.354 e. The Kier molecular flexibility index (Phi) is 10.4. The molecule has 0 saturated carbocycles. The molecule has 22 heavy (non-hydrogen) atoms. The summed E-state index contributed by atoms with van der Waals surface area (Å²) >= 11 is 0. The molecule has 0 bridgehead atoms. The molecule has 0 aliphatic carbocycles. The summed E-state index contributed by atoms with van der Waals surface area (Å²) in [5, 5.41) is 3.12. The third-order valence-electron chi connectivity index (χ3n) is 4.12. The third-order valence-corrected chi connectivity index (χ3v) is 4.12. The van der Waals surface area contributed by atoms with Gasteiger partial charge in [0.2, 0.25) is 5.91 Å². The van der Waals surface area contributed by atoms with E-state index in [9.17, 15) is 4.79 Å². The van der Waals surface area contributed by atoms with E-state index in [0.29, 0.717) is 6.42 Å². The van der Waals surface area contributed by atoms with Crippen LogP contribution < -0.4 is 5.32 Å². The Bertz CT molecular complexity index is 388. The molecule has 0 aromatic heterocycles. The van der Waals surface area contributed by atoms with Crippen molar-refractivity contribution in [1.82, 2.24) is 5.32 Å². The molecule has 124 valence electrons. The molecule has 0 spiro atoms. The highest BCUT2D eigenvalue weighted by atomic mass is 16.1. The predicted molar refractivity (Wildman–Crippen MR) is 95.0 cm³/mol. The second-order valence-electron chi connectivity index (χ2n) is 6.36. The van der Waals surface area contributed by atoms with E-state index in [1.807, 2.05) is 6.07 Å². The minimum absolute atomic E-state index is 0.217. The Morgan fingerprint density at radius 2 is 1.64 bits per heavy atom. The molecule has 0 radical (unpaired) electrons. The van der Waals surface area contributed by atoms with Crippen LogP contribution in [0.25, 0.3) is 0 Å². The maximum Gasteiger partial charge on any atom is 0.220 e. The van der Waals surface area contributed by atoms with E-state index < -0.39 is 0 Å². The van der Waals surface area contributed by atoms with Crippen LogP contribution in [0.15, 0.2) is 30.3 Å². The summed E-state index contributed by atoms with van der Waals surface area (Å²) in [6, 6.07) is 10.7. The van der Waals surface area contributed by atoms with Crippen LogP contribution in [0, 0.1) is 0 Å². The van der Waals surface area contributed by atoms with E-state index in [1.165, 1.54) is 44.1 Å². The Morgan fingerprint density at radius 1 is 1.00 bits per heavy atom. The van der Waals surface area contributed by atoms with Crippen LogP contribution in [0.4, 0.5) is 0 Å². The standard InChI is InChI=1S/C20H33NO/c1-3-4-5-6-7-8-12-15-20(22)21-18(2)16-17-19-13-10-9-11-14-19/h9-11,13-14,18H,3-8,12,15-17H2,1-2H3,(H,21,22)/t18-/m1/s1. The van der Waals surface area contributed by atoms with E-state index in [0.717, 1.165) is 19.3 Å². The van der Waals surface area contributed by atoms with Crippen LogP contribution >= 0.6 is 0 Å². The van der Waals surface area contributed by atoms with Gasteiger partial charge in [-0.2, -0.15) is 0 Å². The molecular formula is C20H33NO. The van der Waals surface area contributed by atoms with E-state index in [1.54, 1.807) is 0 Å². The van der Waals surface area contributed by atoms with Gasteiger partial charge in [0.1, 0.15) is 0 Å². The van der Waals surface area contributed by atoms with Crippen LogP contribution in [0.3, 0.4) is 0 Å². The summed E-state index contributed by atoms with van der Waals surface area (Å²) in [5.74, 6) is 0.217. The first-order valence-corrected chi connectivity index (χ1v) is 9.05. The number of hydrogen-bond acceptors (Lipinski definition) is 1. The van der Waals surface area contributed by atoms with Gasteiger partial charge in [-0.1, -0.05) is 75.8 Å². The first-order chi connectivity index (χ1) is 10.7. The molecule has 1 rings (SSSR count). The Hall–Kier alpha value is -1.31. The lowest BCUT2D eigenvalue weighted by atomic mass is 10.1. The quantitative estimate of drug-likeness (QED) is 0.524. The highest BCUT2D eigenvalue weighted by Gasteiger charge is 2.07. The molecule has 1 atom stereocenters. The highest BCUT2D eigenvalue weighted by molar-refractivity contribution is 5.76. The summed E-state index contributed by atoms with van der Waals surface area (Å²) in [6.07, 6.45) is 11.5. The second-order valence-corrected chi connectivity index (χ2v) is 6.36. The van der Waals surface area contributed by atoms with Crippen molar-refractivity contribution in [1.29, 1.82) is 0 Å². The molecule has 0 saturated heterocycles. The van der Waals surface area contributed by atoms with Gasteiger partial charge in [-0.05, 0) is 31.7 Å². The Labute approximate surface area is 136 Å². The number of carbonyl (C=O) groups is 1. The van der Waals surface area contributed by atoms with Gasteiger partial charge in [-0.15, -0.1) is 0 Å². The highest BCUT2D eigenvalue weighted by Crippen LogP contribution is 2.09. The van der Waals surface area contributed by atoms with Crippen LogP contribution in [0.5, 0.6) is 0 Å². The van der Waals surface area contributed by atoms with Gasteiger partial charge in [0.05, 0.1) is 0 Å². The number of benzene rings is 1. The van der Waals surface area contributed by atoms with Crippen molar-refractivity contribution < 1.29 is 4.79 Å². The average molecular weight is 303 g/mol. The minimum atomic E-state index is 0.217. The molecule has 1 aromatic carbocycles. The fraction of sp³-hybridized carbons (Fsp3) is 0.650. The maximum atomic E-state index is 11.9. The van der Waals surface area contributed by atoms with Gasteiger partial charge in [-0.25, -0.2) is 0 Å². The summed E-state index contributed by atoms with van der Waals surface area (Å²) in [4.78, 5) is 11.9. The van der Waals surface area contributed by atoms with Gasteiger partial charge in [-0.3, -0.25) is 4.79 Å². The third kappa shape index (κ3) is 9.59. The lowest BCUT2D eigenvalue weighted by molar-refractivity contribution is -0.121. The number of aryl methyl sites for hydroxylation is 1. The molecule has 0 heterocycles. The summed E-state index contributed by atoms with van der Waals surface area (Å²) in [6.45, 7) is 4.34. The van der Waals surface area contributed by atoms with Gasteiger partial charge >= 0.3 is 0 Å². The fourth-order valence-electron chi connectivity index (χ4n) is 2.69. The zero-order valence-corrected chi connectivity index (χ0v) is 14.4. The van der Waals surface area contributed by atoms with E-state index in [2.05, 4.69) is 43.4 Å². The lowest BCUT2D eigenvalue weighted by Gasteiger charge is -2.14. The molecule has 0 aliphatic rings. The number of unbranched alkanes of at least 4 members (excludes halogenated alkanes) is 6. The van der Waals surface area contributed by atoms with Crippen molar-refractivity contribution in [2.75, 3.05) is 0 Å². The van der Waals surface area contributed by atoms with Gasteiger partial charge < -0.3 is 5.32 Å². The minimum Gasteiger partial charge on any atom is -0.354 e. The van der Waals surface area contributed by atoms with Gasteiger partial charge in [0.15, 0.2) is 0 Å². The normalized spacial score (nSPS) is 12.1. The van der Waals surface area contributed by atoms with Gasteiger partial charge in [0.25, 0.3) is 0 Å². The molecule has 0 fully saturated rings. The van der Waals surface area contributed by atoms with E-state index in [4.69, 9.17) is 0 Å². The maximum absolute atomic E-state index is 11.9. The summed E-state index contributed by atoms with van der Waals surface area (Å²) in [7, 11) is 0. The van der Waals surface area contributed by atoms with Crippen molar-refractivity contribution >= 4 is 5.91 Å². The summed E-state index contributed by atoms with van der Waals surface area (Å²) in [5.41, 5.74) is 1.34. The molecule has 1 aromatic rings.